The van der Waals surface area contributed by atoms with Crippen molar-refractivity contribution in [2.24, 2.45) is 0 Å². The van der Waals surface area contributed by atoms with Crippen molar-refractivity contribution in [1.29, 1.82) is 0 Å². The van der Waals surface area contributed by atoms with E-state index in [0.29, 0.717) is 18.7 Å². The van der Waals surface area contributed by atoms with Crippen LogP contribution in [0.5, 0.6) is 5.75 Å². The average Bonchev–Trinajstić information content (AvgIpc) is 3.14. The van der Waals surface area contributed by atoms with Crippen LogP contribution in [0, 0.1) is 0 Å². The van der Waals surface area contributed by atoms with Crippen molar-refractivity contribution >= 4 is 17.5 Å². The summed E-state index contributed by atoms with van der Waals surface area (Å²) in [6, 6.07) is 25.4. The number of methoxy groups -OCH3 is 1. The van der Waals surface area contributed by atoms with E-state index in [1.807, 2.05) is 71.6 Å². The molecule has 1 N–H and O–H groups in total. The molecule has 3 aromatic rings. The van der Waals surface area contributed by atoms with E-state index in [-0.39, 0.29) is 18.4 Å². The van der Waals surface area contributed by atoms with E-state index in [9.17, 15) is 9.59 Å². The maximum Gasteiger partial charge on any atom is 0.251 e. The second-order valence-electron chi connectivity index (χ2n) is 8.05. The molecular weight excluding hydrogens is 414 g/mol. The first-order valence-corrected chi connectivity index (χ1v) is 11.2. The fourth-order valence-electron chi connectivity index (χ4n) is 4.03. The van der Waals surface area contributed by atoms with Gasteiger partial charge in [0.05, 0.1) is 13.7 Å². The van der Waals surface area contributed by atoms with Crippen molar-refractivity contribution < 1.29 is 14.3 Å². The van der Waals surface area contributed by atoms with Crippen LogP contribution in [-0.4, -0.2) is 56.5 Å². The number of rotatable bonds is 6. The Morgan fingerprint density at radius 3 is 2.21 bits per heavy atom. The van der Waals surface area contributed by atoms with E-state index in [2.05, 4.69) is 10.2 Å². The quantitative estimate of drug-likeness (QED) is 0.629. The maximum absolute atomic E-state index is 12.7. The highest BCUT2D eigenvalue weighted by Gasteiger charge is 2.20. The monoisotopic (exact) mass is 443 g/mol. The number of hydrogen-bond donors (Lipinski definition) is 1. The van der Waals surface area contributed by atoms with Crippen LogP contribution in [-0.2, 0) is 4.79 Å². The van der Waals surface area contributed by atoms with Gasteiger partial charge in [-0.05, 0) is 53.9 Å². The van der Waals surface area contributed by atoms with Crippen LogP contribution in [0.2, 0.25) is 0 Å². The molecule has 33 heavy (non-hydrogen) atoms. The lowest BCUT2D eigenvalue weighted by Crippen LogP contribution is -2.42. The summed E-state index contributed by atoms with van der Waals surface area (Å²) in [4.78, 5) is 29.4. The predicted octanol–water partition coefficient (Wildman–Crippen LogP) is 3.83. The van der Waals surface area contributed by atoms with Gasteiger partial charge in [-0.25, -0.2) is 0 Å². The van der Waals surface area contributed by atoms with Crippen molar-refractivity contribution in [1.82, 2.24) is 10.2 Å². The zero-order chi connectivity index (χ0) is 23.0. The molecule has 0 saturated carbocycles. The van der Waals surface area contributed by atoms with Crippen LogP contribution in [0.3, 0.4) is 0 Å². The van der Waals surface area contributed by atoms with Crippen LogP contribution in [0.4, 0.5) is 5.69 Å². The molecule has 0 aromatic heterocycles. The fraction of sp³-hybridized carbons (Fsp3) is 0.259. The van der Waals surface area contributed by atoms with Crippen LogP contribution in [0.15, 0.2) is 78.9 Å². The van der Waals surface area contributed by atoms with E-state index in [1.54, 1.807) is 19.2 Å². The summed E-state index contributed by atoms with van der Waals surface area (Å²) >= 11 is 0. The van der Waals surface area contributed by atoms with Crippen molar-refractivity contribution in [2.45, 2.75) is 6.42 Å². The van der Waals surface area contributed by atoms with E-state index in [0.717, 1.165) is 42.1 Å². The number of nitrogens with one attached hydrogen (secondary N) is 1. The average molecular weight is 444 g/mol. The Bertz CT molecular complexity index is 1070. The molecule has 0 radical (unpaired) electrons. The minimum atomic E-state index is -0.238. The van der Waals surface area contributed by atoms with Gasteiger partial charge in [-0.1, -0.05) is 42.5 Å². The third-order valence-corrected chi connectivity index (χ3v) is 5.94. The van der Waals surface area contributed by atoms with Gasteiger partial charge >= 0.3 is 0 Å². The Labute approximate surface area is 194 Å². The minimum Gasteiger partial charge on any atom is -0.497 e. The first-order valence-electron chi connectivity index (χ1n) is 11.2. The van der Waals surface area contributed by atoms with Crippen molar-refractivity contribution in [2.75, 3.05) is 44.7 Å². The first kappa shape index (κ1) is 22.4. The molecule has 0 atom stereocenters. The number of carbonyl (C=O) groups excluding carboxylic acids is 2. The van der Waals surface area contributed by atoms with E-state index >= 15 is 0 Å². The molecule has 6 nitrogen and oxygen atoms in total. The molecule has 1 aliphatic heterocycles. The molecule has 0 aliphatic carbocycles. The van der Waals surface area contributed by atoms with Gasteiger partial charge in [0.2, 0.25) is 5.91 Å². The Morgan fingerprint density at radius 2 is 1.52 bits per heavy atom. The lowest BCUT2D eigenvalue weighted by atomic mass is 10.0. The van der Waals surface area contributed by atoms with Gasteiger partial charge in [0.1, 0.15) is 5.75 Å². The fourth-order valence-corrected chi connectivity index (χ4v) is 4.03. The summed E-state index contributed by atoms with van der Waals surface area (Å²) in [7, 11) is 1.66. The van der Waals surface area contributed by atoms with Gasteiger partial charge in [0, 0.05) is 37.4 Å². The SMILES string of the molecule is COc1ccc(N2CCCN(C(=O)CNC(=O)c3ccc(-c4ccccc4)cc3)CC2)cc1. The number of nitrogens with zero attached hydrogens (tertiary/aromatic N) is 2. The second kappa shape index (κ2) is 10.7. The molecular formula is C27H29N3O3. The number of anilines is 1. The third-order valence-electron chi connectivity index (χ3n) is 5.94. The molecule has 1 aliphatic rings. The normalized spacial score (nSPS) is 13.8. The van der Waals surface area contributed by atoms with E-state index in [4.69, 9.17) is 4.74 Å². The molecule has 1 heterocycles. The van der Waals surface area contributed by atoms with Gasteiger partial charge in [-0.2, -0.15) is 0 Å². The van der Waals surface area contributed by atoms with Crippen molar-refractivity contribution in [3.05, 3.63) is 84.4 Å². The van der Waals surface area contributed by atoms with Crippen LogP contribution in [0.1, 0.15) is 16.8 Å². The van der Waals surface area contributed by atoms with Crippen LogP contribution < -0.4 is 15.0 Å². The molecule has 0 unspecified atom stereocenters. The summed E-state index contributed by atoms with van der Waals surface area (Å²) < 4.78 is 5.23. The molecule has 1 fully saturated rings. The summed E-state index contributed by atoms with van der Waals surface area (Å²) in [5.74, 6) is 0.536. The number of hydrogen-bond acceptors (Lipinski definition) is 4. The van der Waals surface area contributed by atoms with Crippen LogP contribution >= 0.6 is 0 Å². The first-order chi connectivity index (χ1) is 16.1. The summed E-state index contributed by atoms with van der Waals surface area (Å²) in [6.45, 7) is 2.96. The second-order valence-corrected chi connectivity index (χ2v) is 8.05. The third kappa shape index (κ3) is 5.71. The van der Waals surface area contributed by atoms with Gasteiger partial charge in [0.15, 0.2) is 0 Å². The number of benzene rings is 3. The molecule has 6 heteroatoms. The number of amides is 2. The molecule has 170 valence electrons. The molecule has 1 saturated heterocycles. The zero-order valence-electron chi connectivity index (χ0n) is 18.9. The molecule has 0 bridgehead atoms. The topological polar surface area (TPSA) is 61.9 Å². The van der Waals surface area contributed by atoms with Gasteiger partial charge in [0.25, 0.3) is 5.91 Å². The molecule has 2 amide bonds. The van der Waals surface area contributed by atoms with Crippen LogP contribution in [0.25, 0.3) is 11.1 Å². The number of ether oxygens (including phenoxy) is 1. The zero-order valence-corrected chi connectivity index (χ0v) is 18.9. The standard InChI is InChI=1S/C27H29N3O3/c1-33-25-14-12-24(13-15-25)29-16-5-17-30(19-18-29)26(31)20-28-27(32)23-10-8-22(9-11-23)21-6-3-2-4-7-21/h2-4,6-15H,5,16-20H2,1H3,(H,28,32). The lowest BCUT2D eigenvalue weighted by Gasteiger charge is -2.24. The van der Waals surface area contributed by atoms with Gasteiger partial charge in [-0.3, -0.25) is 9.59 Å². The van der Waals surface area contributed by atoms with Gasteiger partial charge in [-0.15, -0.1) is 0 Å². The Morgan fingerprint density at radius 1 is 0.818 bits per heavy atom. The van der Waals surface area contributed by atoms with Crippen molar-refractivity contribution in [3.8, 4) is 16.9 Å². The number of carbonyl (C=O) groups is 2. The Hall–Kier alpha value is -3.80. The Balaban J connectivity index is 1.28. The van der Waals surface area contributed by atoms with E-state index in [1.165, 1.54) is 0 Å². The smallest absolute Gasteiger partial charge is 0.251 e. The van der Waals surface area contributed by atoms with Gasteiger partial charge < -0.3 is 19.9 Å². The Kier molecular flexibility index (Phi) is 7.25. The molecule has 4 rings (SSSR count). The highest BCUT2D eigenvalue weighted by Crippen LogP contribution is 2.21. The molecule has 0 spiro atoms. The highest BCUT2D eigenvalue weighted by molar-refractivity contribution is 5.96. The summed E-state index contributed by atoms with van der Waals surface area (Å²) in [6.07, 6.45) is 0.882. The maximum atomic E-state index is 12.7. The molecule has 3 aromatic carbocycles. The highest BCUT2D eigenvalue weighted by atomic mass is 16.5. The summed E-state index contributed by atoms with van der Waals surface area (Å²) in [5.41, 5.74) is 3.82. The van der Waals surface area contributed by atoms with Crippen molar-refractivity contribution in [3.63, 3.8) is 0 Å². The predicted molar refractivity (Wildman–Crippen MR) is 131 cm³/mol. The largest absolute Gasteiger partial charge is 0.497 e. The van der Waals surface area contributed by atoms with E-state index < -0.39 is 0 Å². The summed E-state index contributed by atoms with van der Waals surface area (Å²) in [5, 5.41) is 2.77. The minimum absolute atomic E-state index is 0.00179. The lowest BCUT2D eigenvalue weighted by molar-refractivity contribution is -0.129.